The Morgan fingerprint density at radius 2 is 1.71 bits per heavy atom. The van der Waals surface area contributed by atoms with E-state index >= 15 is 0 Å². The van der Waals surface area contributed by atoms with Gasteiger partial charge in [-0.15, -0.1) is 0 Å². The first-order valence-corrected chi connectivity index (χ1v) is 6.36. The van der Waals surface area contributed by atoms with E-state index in [1.54, 1.807) is 26.4 Å². The Morgan fingerprint density at radius 1 is 1.19 bits per heavy atom. The Hall–Kier alpha value is -2.69. The van der Waals surface area contributed by atoms with E-state index in [4.69, 9.17) is 14.6 Å². The fraction of sp³-hybridized carbons (Fsp3) is 0.188. The van der Waals surface area contributed by atoms with Gasteiger partial charge in [0.15, 0.2) is 0 Å². The minimum atomic E-state index is -0.924. The molecular formula is C16H17NO4. The Balaban J connectivity index is 2.54. The highest BCUT2D eigenvalue weighted by atomic mass is 16.5. The van der Waals surface area contributed by atoms with Crippen LogP contribution >= 0.6 is 0 Å². The summed E-state index contributed by atoms with van der Waals surface area (Å²) in [4.78, 5) is 10.8. The number of ether oxygens (including phenoxy) is 2. The molecule has 21 heavy (non-hydrogen) atoms. The third-order valence-corrected chi connectivity index (χ3v) is 3.12. The van der Waals surface area contributed by atoms with Gasteiger partial charge in [0, 0.05) is 12.4 Å². The van der Waals surface area contributed by atoms with Crippen LogP contribution in [0.5, 0.6) is 11.5 Å². The highest BCUT2D eigenvalue weighted by molar-refractivity contribution is 5.84. The number of aromatic nitrogens is 1. The Kier molecular flexibility index (Phi) is 4.33. The van der Waals surface area contributed by atoms with Crippen molar-refractivity contribution >= 4 is 11.5 Å². The van der Waals surface area contributed by atoms with E-state index in [2.05, 4.69) is 6.58 Å². The minimum absolute atomic E-state index is 0.130. The van der Waals surface area contributed by atoms with E-state index in [1.807, 2.05) is 29.1 Å². The summed E-state index contributed by atoms with van der Waals surface area (Å²) in [6, 6.07) is 7.33. The molecule has 0 amide bonds. The molecule has 0 aliphatic heterocycles. The number of hydrogen-bond donors (Lipinski definition) is 1. The standard InChI is InChI=1S/C16H17NO4/c1-11(8-15(18)19)12-9-13(20-2)16(14(10-12)21-3)17-6-4-5-7-17/h4-7,9-10H,1,8H2,2-3H3,(H,18,19). The van der Waals surface area contributed by atoms with Gasteiger partial charge < -0.3 is 19.1 Å². The van der Waals surface area contributed by atoms with E-state index in [0.717, 1.165) is 5.69 Å². The zero-order valence-corrected chi connectivity index (χ0v) is 12.0. The van der Waals surface area contributed by atoms with Gasteiger partial charge in [0.1, 0.15) is 17.2 Å². The lowest BCUT2D eigenvalue weighted by Crippen LogP contribution is -2.02. The van der Waals surface area contributed by atoms with Gasteiger partial charge in [0.25, 0.3) is 0 Å². The van der Waals surface area contributed by atoms with Crippen molar-refractivity contribution in [1.82, 2.24) is 4.57 Å². The predicted octanol–water partition coefficient (Wildman–Crippen LogP) is 2.98. The molecule has 0 aliphatic rings. The van der Waals surface area contributed by atoms with E-state index in [-0.39, 0.29) is 6.42 Å². The molecule has 0 saturated heterocycles. The monoisotopic (exact) mass is 287 g/mol. The van der Waals surface area contributed by atoms with Crippen molar-refractivity contribution in [2.24, 2.45) is 0 Å². The summed E-state index contributed by atoms with van der Waals surface area (Å²) in [5.41, 5.74) is 1.94. The van der Waals surface area contributed by atoms with Crippen molar-refractivity contribution in [3.05, 3.63) is 48.8 Å². The highest BCUT2D eigenvalue weighted by Gasteiger charge is 2.16. The Morgan fingerprint density at radius 3 is 2.14 bits per heavy atom. The van der Waals surface area contributed by atoms with E-state index < -0.39 is 5.97 Å². The SMILES string of the molecule is C=C(CC(=O)O)c1cc(OC)c(-n2cccc2)c(OC)c1. The molecule has 0 spiro atoms. The lowest BCUT2D eigenvalue weighted by atomic mass is 10.0. The lowest BCUT2D eigenvalue weighted by Gasteiger charge is -2.16. The smallest absolute Gasteiger partial charge is 0.307 e. The van der Waals surface area contributed by atoms with Crippen LogP contribution in [0, 0.1) is 0 Å². The number of methoxy groups -OCH3 is 2. The molecule has 1 N–H and O–H groups in total. The third kappa shape index (κ3) is 3.08. The molecule has 0 bridgehead atoms. The molecule has 0 atom stereocenters. The second kappa shape index (κ2) is 6.17. The van der Waals surface area contributed by atoms with Crippen molar-refractivity contribution < 1.29 is 19.4 Å². The molecule has 1 aromatic heterocycles. The summed E-state index contributed by atoms with van der Waals surface area (Å²) >= 11 is 0. The molecule has 110 valence electrons. The summed E-state index contributed by atoms with van der Waals surface area (Å²) in [5.74, 6) is 0.256. The first-order valence-electron chi connectivity index (χ1n) is 6.36. The lowest BCUT2D eigenvalue weighted by molar-refractivity contribution is -0.135. The summed E-state index contributed by atoms with van der Waals surface area (Å²) in [5, 5.41) is 8.88. The molecular weight excluding hydrogens is 270 g/mol. The maximum Gasteiger partial charge on any atom is 0.307 e. The molecule has 5 heteroatoms. The van der Waals surface area contributed by atoms with Crippen LogP contribution in [0.1, 0.15) is 12.0 Å². The summed E-state index contributed by atoms with van der Waals surface area (Å²) in [7, 11) is 3.12. The summed E-state index contributed by atoms with van der Waals surface area (Å²) < 4.78 is 12.7. The van der Waals surface area contributed by atoms with Gasteiger partial charge in [-0.1, -0.05) is 6.58 Å². The van der Waals surface area contributed by atoms with Crippen molar-refractivity contribution in [2.45, 2.75) is 6.42 Å². The maximum atomic E-state index is 10.8. The van der Waals surface area contributed by atoms with Crippen LogP contribution in [0.3, 0.4) is 0 Å². The van der Waals surface area contributed by atoms with Crippen LogP contribution < -0.4 is 9.47 Å². The van der Waals surface area contributed by atoms with Gasteiger partial charge in [-0.25, -0.2) is 0 Å². The molecule has 0 fully saturated rings. The van der Waals surface area contributed by atoms with Crippen molar-refractivity contribution in [1.29, 1.82) is 0 Å². The van der Waals surface area contributed by atoms with Crippen molar-refractivity contribution in [3.63, 3.8) is 0 Å². The topological polar surface area (TPSA) is 60.7 Å². The van der Waals surface area contributed by atoms with Gasteiger partial charge in [-0.3, -0.25) is 4.79 Å². The van der Waals surface area contributed by atoms with Gasteiger partial charge >= 0.3 is 5.97 Å². The molecule has 2 aromatic rings. The summed E-state index contributed by atoms with van der Waals surface area (Å²) in [6.45, 7) is 3.81. The van der Waals surface area contributed by atoms with Crippen LogP contribution in [-0.2, 0) is 4.79 Å². The number of rotatable bonds is 6. The number of aliphatic carboxylic acids is 1. The Bertz CT molecular complexity index is 634. The van der Waals surface area contributed by atoms with E-state index in [9.17, 15) is 4.79 Å². The molecule has 1 aromatic carbocycles. The van der Waals surface area contributed by atoms with Crippen molar-refractivity contribution in [3.8, 4) is 17.2 Å². The number of benzene rings is 1. The van der Waals surface area contributed by atoms with E-state index in [1.165, 1.54) is 0 Å². The second-order valence-electron chi connectivity index (χ2n) is 4.49. The predicted molar refractivity (Wildman–Crippen MR) is 80.2 cm³/mol. The highest BCUT2D eigenvalue weighted by Crippen LogP contribution is 2.36. The first kappa shape index (κ1) is 14.7. The second-order valence-corrected chi connectivity index (χ2v) is 4.49. The fourth-order valence-electron chi connectivity index (χ4n) is 2.12. The summed E-state index contributed by atoms with van der Waals surface area (Å²) in [6.07, 6.45) is 3.63. The van der Waals surface area contributed by atoms with Gasteiger partial charge in [-0.2, -0.15) is 0 Å². The quantitative estimate of drug-likeness (QED) is 0.887. The first-order chi connectivity index (χ1) is 10.1. The number of hydrogen-bond acceptors (Lipinski definition) is 3. The van der Waals surface area contributed by atoms with Crippen LogP contribution in [0.25, 0.3) is 11.3 Å². The number of carboxylic acids is 1. The molecule has 2 rings (SSSR count). The van der Waals surface area contributed by atoms with Crippen LogP contribution in [0.4, 0.5) is 0 Å². The number of carboxylic acid groups (broad SMARTS) is 1. The molecule has 1 heterocycles. The van der Waals surface area contributed by atoms with Crippen molar-refractivity contribution in [2.75, 3.05) is 14.2 Å². The third-order valence-electron chi connectivity index (χ3n) is 3.12. The van der Waals surface area contributed by atoms with Crippen LogP contribution in [-0.4, -0.2) is 29.9 Å². The molecule has 0 saturated carbocycles. The largest absolute Gasteiger partial charge is 0.494 e. The normalized spacial score (nSPS) is 10.2. The number of nitrogens with zero attached hydrogens (tertiary/aromatic N) is 1. The van der Waals surface area contributed by atoms with E-state index in [0.29, 0.717) is 22.6 Å². The molecule has 0 aliphatic carbocycles. The zero-order valence-electron chi connectivity index (χ0n) is 12.0. The van der Waals surface area contributed by atoms with Gasteiger partial charge in [0.05, 0.1) is 20.6 Å². The molecule has 0 radical (unpaired) electrons. The minimum Gasteiger partial charge on any atom is -0.494 e. The number of carbonyl (C=O) groups is 1. The maximum absolute atomic E-state index is 10.8. The Labute approximate surface area is 123 Å². The van der Waals surface area contributed by atoms with Gasteiger partial charge in [0.2, 0.25) is 0 Å². The zero-order chi connectivity index (χ0) is 15.4. The molecule has 5 nitrogen and oxygen atoms in total. The van der Waals surface area contributed by atoms with Gasteiger partial charge in [-0.05, 0) is 35.4 Å². The average molecular weight is 287 g/mol. The fourth-order valence-corrected chi connectivity index (χ4v) is 2.12. The average Bonchev–Trinajstić information content (AvgIpc) is 2.98. The molecule has 0 unspecified atom stereocenters. The van der Waals surface area contributed by atoms with Crippen LogP contribution in [0.2, 0.25) is 0 Å². The van der Waals surface area contributed by atoms with Crippen LogP contribution in [0.15, 0.2) is 43.2 Å².